The monoisotopic (exact) mass is 308 g/mol. The van der Waals surface area contributed by atoms with Crippen LogP contribution in [0.1, 0.15) is 17.3 Å². The van der Waals surface area contributed by atoms with Gasteiger partial charge in [-0.05, 0) is 17.7 Å². The number of benzene rings is 1. The molecule has 0 spiro atoms. The van der Waals surface area contributed by atoms with Crippen LogP contribution in [-0.2, 0) is 11.3 Å². The first-order chi connectivity index (χ1) is 10.0. The molecule has 0 bridgehead atoms. The van der Waals surface area contributed by atoms with Crippen LogP contribution >= 0.6 is 11.6 Å². The lowest BCUT2D eigenvalue weighted by molar-refractivity contribution is 0.182. The highest BCUT2D eigenvalue weighted by Crippen LogP contribution is 2.27. The van der Waals surface area contributed by atoms with Crippen LogP contribution < -0.4 is 10.6 Å². The Bertz CT molecular complexity index is 580. The van der Waals surface area contributed by atoms with E-state index in [0.717, 1.165) is 16.9 Å². The molecule has 0 radical (unpaired) electrons. The molecular formula is C15H21ClN4O. The lowest BCUT2D eigenvalue weighted by atomic mass is 10.0. The van der Waals surface area contributed by atoms with Crippen LogP contribution in [0.2, 0.25) is 5.02 Å². The van der Waals surface area contributed by atoms with Gasteiger partial charge in [0, 0.05) is 26.9 Å². The van der Waals surface area contributed by atoms with Gasteiger partial charge in [0.2, 0.25) is 0 Å². The molecule has 1 atom stereocenters. The van der Waals surface area contributed by atoms with E-state index >= 15 is 0 Å². The highest BCUT2D eigenvalue weighted by Gasteiger charge is 2.18. The minimum Gasteiger partial charge on any atom is -0.383 e. The van der Waals surface area contributed by atoms with Crippen molar-refractivity contribution in [1.29, 1.82) is 0 Å². The number of rotatable bonds is 6. The molecule has 0 amide bonds. The van der Waals surface area contributed by atoms with Crippen LogP contribution in [-0.4, -0.2) is 37.6 Å². The number of nitrogens with two attached hydrogens (primary N) is 1. The largest absolute Gasteiger partial charge is 0.383 e. The molecule has 21 heavy (non-hydrogen) atoms. The number of hydrogen-bond acceptors (Lipinski definition) is 4. The molecule has 6 heteroatoms. The van der Waals surface area contributed by atoms with E-state index in [2.05, 4.69) is 5.10 Å². The number of aromatic nitrogens is 2. The van der Waals surface area contributed by atoms with Crippen molar-refractivity contribution in [1.82, 2.24) is 9.78 Å². The minimum atomic E-state index is -0.312. The third kappa shape index (κ3) is 3.56. The van der Waals surface area contributed by atoms with Crippen LogP contribution in [0.15, 0.2) is 30.5 Å². The SMILES string of the molecule is COCCn1ncc(Cl)c1C(N)c1ccc(N(C)C)cc1. The van der Waals surface area contributed by atoms with E-state index in [1.807, 2.05) is 43.3 Å². The molecule has 0 aliphatic rings. The van der Waals surface area contributed by atoms with E-state index in [9.17, 15) is 0 Å². The number of ether oxygens (including phenoxy) is 1. The summed E-state index contributed by atoms with van der Waals surface area (Å²) in [5, 5.41) is 4.84. The van der Waals surface area contributed by atoms with Gasteiger partial charge in [0.15, 0.2) is 0 Å². The molecule has 1 unspecified atom stereocenters. The average Bonchev–Trinajstić information content (AvgIpc) is 2.85. The summed E-state index contributed by atoms with van der Waals surface area (Å²) in [6.45, 7) is 1.19. The van der Waals surface area contributed by atoms with Gasteiger partial charge in [-0.15, -0.1) is 0 Å². The fourth-order valence-electron chi connectivity index (χ4n) is 2.17. The molecular weight excluding hydrogens is 288 g/mol. The topological polar surface area (TPSA) is 56.3 Å². The van der Waals surface area contributed by atoms with Gasteiger partial charge in [0.1, 0.15) is 0 Å². The van der Waals surface area contributed by atoms with Gasteiger partial charge in [-0.25, -0.2) is 0 Å². The van der Waals surface area contributed by atoms with Gasteiger partial charge in [0.05, 0.1) is 36.1 Å². The molecule has 1 heterocycles. The molecule has 0 aliphatic carbocycles. The fourth-order valence-corrected chi connectivity index (χ4v) is 2.43. The zero-order valence-corrected chi connectivity index (χ0v) is 13.3. The molecule has 0 saturated heterocycles. The molecule has 2 rings (SSSR count). The minimum absolute atomic E-state index is 0.312. The predicted molar refractivity (Wildman–Crippen MR) is 85.9 cm³/mol. The van der Waals surface area contributed by atoms with Crippen molar-refractivity contribution in [3.05, 3.63) is 46.7 Å². The predicted octanol–water partition coefficient (Wildman–Crippen LogP) is 2.30. The second-order valence-electron chi connectivity index (χ2n) is 5.06. The van der Waals surface area contributed by atoms with Gasteiger partial charge in [0.25, 0.3) is 0 Å². The van der Waals surface area contributed by atoms with Crippen molar-refractivity contribution >= 4 is 17.3 Å². The molecule has 0 aliphatic heterocycles. The second-order valence-corrected chi connectivity index (χ2v) is 5.46. The second kappa shape index (κ2) is 6.93. The Hall–Kier alpha value is -1.56. The maximum absolute atomic E-state index is 6.36. The summed E-state index contributed by atoms with van der Waals surface area (Å²) in [5.41, 5.74) is 9.30. The zero-order chi connectivity index (χ0) is 15.4. The molecule has 1 aromatic carbocycles. The normalized spacial score (nSPS) is 12.4. The van der Waals surface area contributed by atoms with Gasteiger partial charge in [-0.1, -0.05) is 23.7 Å². The molecule has 2 N–H and O–H groups in total. The van der Waals surface area contributed by atoms with Crippen molar-refractivity contribution in [3.8, 4) is 0 Å². The first-order valence-electron chi connectivity index (χ1n) is 6.77. The summed E-state index contributed by atoms with van der Waals surface area (Å²) in [5.74, 6) is 0. The third-order valence-electron chi connectivity index (χ3n) is 3.40. The van der Waals surface area contributed by atoms with Crippen LogP contribution in [0.4, 0.5) is 5.69 Å². The van der Waals surface area contributed by atoms with Gasteiger partial charge >= 0.3 is 0 Å². The Morgan fingerprint density at radius 3 is 2.57 bits per heavy atom. The Balaban J connectivity index is 2.26. The summed E-state index contributed by atoms with van der Waals surface area (Å²) < 4.78 is 6.89. The Morgan fingerprint density at radius 2 is 2.00 bits per heavy atom. The number of halogens is 1. The van der Waals surface area contributed by atoms with Crippen LogP contribution in [0.5, 0.6) is 0 Å². The number of methoxy groups -OCH3 is 1. The zero-order valence-electron chi connectivity index (χ0n) is 12.6. The maximum atomic E-state index is 6.36. The molecule has 1 aromatic heterocycles. The van der Waals surface area contributed by atoms with Gasteiger partial charge in [-0.2, -0.15) is 5.10 Å². The Labute approximate surface area is 130 Å². The standard InChI is InChI=1S/C15H21ClN4O/c1-19(2)12-6-4-11(5-7-12)14(17)15-13(16)10-18-20(15)8-9-21-3/h4-7,10,14H,8-9,17H2,1-3H3. The van der Waals surface area contributed by atoms with Gasteiger partial charge < -0.3 is 15.4 Å². The molecule has 5 nitrogen and oxygen atoms in total. The van der Waals surface area contributed by atoms with E-state index in [4.69, 9.17) is 22.1 Å². The van der Waals surface area contributed by atoms with Crippen LogP contribution in [0.25, 0.3) is 0 Å². The summed E-state index contributed by atoms with van der Waals surface area (Å²) in [7, 11) is 5.67. The summed E-state index contributed by atoms with van der Waals surface area (Å²) in [4.78, 5) is 2.05. The molecule has 0 fully saturated rings. The highest BCUT2D eigenvalue weighted by atomic mass is 35.5. The fraction of sp³-hybridized carbons (Fsp3) is 0.400. The highest BCUT2D eigenvalue weighted by molar-refractivity contribution is 6.31. The number of anilines is 1. The van der Waals surface area contributed by atoms with Crippen molar-refractivity contribution in [2.75, 3.05) is 32.7 Å². The van der Waals surface area contributed by atoms with E-state index in [1.165, 1.54) is 0 Å². The smallest absolute Gasteiger partial charge is 0.0837 e. The van der Waals surface area contributed by atoms with Crippen molar-refractivity contribution in [2.24, 2.45) is 5.73 Å². The van der Waals surface area contributed by atoms with Crippen LogP contribution in [0, 0.1) is 0 Å². The molecule has 2 aromatic rings. The first-order valence-corrected chi connectivity index (χ1v) is 7.15. The van der Waals surface area contributed by atoms with E-state index in [-0.39, 0.29) is 6.04 Å². The van der Waals surface area contributed by atoms with Gasteiger partial charge in [-0.3, -0.25) is 4.68 Å². The third-order valence-corrected chi connectivity index (χ3v) is 3.69. The Kier molecular flexibility index (Phi) is 5.22. The van der Waals surface area contributed by atoms with Crippen molar-refractivity contribution in [2.45, 2.75) is 12.6 Å². The maximum Gasteiger partial charge on any atom is 0.0837 e. The molecule has 0 saturated carbocycles. The number of nitrogens with zero attached hydrogens (tertiary/aromatic N) is 3. The van der Waals surface area contributed by atoms with E-state index in [1.54, 1.807) is 18.0 Å². The Morgan fingerprint density at radius 1 is 1.33 bits per heavy atom. The molecule has 114 valence electrons. The summed E-state index contributed by atoms with van der Waals surface area (Å²) >= 11 is 6.24. The van der Waals surface area contributed by atoms with Crippen LogP contribution in [0.3, 0.4) is 0 Å². The van der Waals surface area contributed by atoms with Crippen molar-refractivity contribution < 1.29 is 4.74 Å². The first kappa shape index (κ1) is 15.8. The summed E-state index contributed by atoms with van der Waals surface area (Å²) in [6.07, 6.45) is 1.63. The number of hydrogen-bond donors (Lipinski definition) is 1. The lowest BCUT2D eigenvalue weighted by Crippen LogP contribution is -2.19. The quantitative estimate of drug-likeness (QED) is 0.889. The van der Waals surface area contributed by atoms with Crippen molar-refractivity contribution in [3.63, 3.8) is 0 Å². The van der Waals surface area contributed by atoms with E-state index in [0.29, 0.717) is 18.2 Å². The lowest BCUT2D eigenvalue weighted by Gasteiger charge is -2.17. The van der Waals surface area contributed by atoms with E-state index < -0.39 is 0 Å². The summed E-state index contributed by atoms with van der Waals surface area (Å²) in [6, 6.07) is 7.80. The average molecular weight is 309 g/mol.